The van der Waals surface area contributed by atoms with E-state index in [4.69, 9.17) is 16.9 Å². The number of benzene rings is 2. The molecule has 1 amide bonds. The maximum Gasteiger partial charge on any atom is 0.246 e. The van der Waals surface area contributed by atoms with Gasteiger partial charge >= 0.3 is 0 Å². The number of fused-ring (bicyclic) bond motifs is 1. The van der Waals surface area contributed by atoms with Crippen molar-refractivity contribution in [1.29, 1.82) is 5.26 Å². The lowest BCUT2D eigenvalue weighted by atomic mass is 10.0. The monoisotopic (exact) mass is 325 g/mol. The molecule has 0 atom stereocenters. The zero-order valence-electron chi connectivity index (χ0n) is 12.6. The number of hydrogen-bond acceptors (Lipinski definition) is 3. The van der Waals surface area contributed by atoms with Crippen LogP contribution in [0, 0.1) is 11.3 Å². The quantitative estimate of drug-likeness (QED) is 0.938. The molecule has 23 heavy (non-hydrogen) atoms. The van der Waals surface area contributed by atoms with Crippen molar-refractivity contribution in [2.75, 3.05) is 23.3 Å². The highest BCUT2D eigenvalue weighted by Crippen LogP contribution is 2.27. The van der Waals surface area contributed by atoms with Crippen LogP contribution in [0.5, 0.6) is 0 Å². The Morgan fingerprint density at radius 3 is 2.96 bits per heavy atom. The van der Waals surface area contributed by atoms with Crippen LogP contribution in [0.2, 0.25) is 5.02 Å². The van der Waals surface area contributed by atoms with E-state index in [2.05, 4.69) is 17.5 Å². The lowest BCUT2D eigenvalue weighted by Gasteiger charge is -2.29. The summed E-state index contributed by atoms with van der Waals surface area (Å²) in [5.41, 5.74) is 3.25. The molecule has 116 valence electrons. The summed E-state index contributed by atoms with van der Waals surface area (Å²) in [5.74, 6) is -0.00371. The summed E-state index contributed by atoms with van der Waals surface area (Å²) >= 11 is 5.88. The summed E-state index contributed by atoms with van der Waals surface area (Å²) < 4.78 is 0. The Labute approximate surface area is 140 Å². The van der Waals surface area contributed by atoms with Gasteiger partial charge in [-0.2, -0.15) is 5.26 Å². The molecule has 4 nitrogen and oxygen atoms in total. The van der Waals surface area contributed by atoms with Gasteiger partial charge in [0.05, 0.1) is 17.8 Å². The van der Waals surface area contributed by atoms with E-state index in [9.17, 15) is 4.79 Å². The van der Waals surface area contributed by atoms with Crippen molar-refractivity contribution in [3.8, 4) is 6.07 Å². The van der Waals surface area contributed by atoms with Gasteiger partial charge in [0.25, 0.3) is 0 Å². The highest BCUT2D eigenvalue weighted by molar-refractivity contribution is 6.30. The van der Waals surface area contributed by atoms with Gasteiger partial charge in [0.15, 0.2) is 0 Å². The van der Waals surface area contributed by atoms with Gasteiger partial charge in [0, 0.05) is 17.3 Å². The molecule has 0 aromatic heterocycles. The summed E-state index contributed by atoms with van der Waals surface area (Å²) in [5, 5.41) is 12.7. The number of nitriles is 1. The zero-order valence-corrected chi connectivity index (χ0v) is 13.3. The van der Waals surface area contributed by atoms with Crippen LogP contribution >= 0.6 is 11.6 Å². The van der Waals surface area contributed by atoms with Gasteiger partial charge < -0.3 is 10.2 Å². The molecule has 2 aromatic rings. The van der Waals surface area contributed by atoms with E-state index in [0.29, 0.717) is 16.3 Å². The van der Waals surface area contributed by atoms with Crippen LogP contribution in [0.25, 0.3) is 0 Å². The van der Waals surface area contributed by atoms with Crippen molar-refractivity contribution < 1.29 is 4.79 Å². The van der Waals surface area contributed by atoms with Gasteiger partial charge in [-0.25, -0.2) is 0 Å². The van der Waals surface area contributed by atoms with Crippen molar-refractivity contribution >= 4 is 28.9 Å². The van der Waals surface area contributed by atoms with Gasteiger partial charge in [-0.15, -0.1) is 0 Å². The maximum absolute atomic E-state index is 12.6. The normalized spacial score (nSPS) is 13.1. The van der Waals surface area contributed by atoms with Gasteiger partial charge in [-0.1, -0.05) is 29.8 Å². The summed E-state index contributed by atoms with van der Waals surface area (Å²) in [6, 6.07) is 15.1. The number of carbonyl (C=O) groups is 1. The summed E-state index contributed by atoms with van der Waals surface area (Å²) in [6.07, 6.45) is 1.97. The highest BCUT2D eigenvalue weighted by Gasteiger charge is 2.21. The lowest BCUT2D eigenvalue weighted by Crippen LogP contribution is -2.39. The molecule has 3 rings (SSSR count). The summed E-state index contributed by atoms with van der Waals surface area (Å²) in [4.78, 5) is 14.4. The van der Waals surface area contributed by atoms with Crippen LogP contribution in [-0.4, -0.2) is 19.0 Å². The third kappa shape index (κ3) is 3.30. The Morgan fingerprint density at radius 1 is 1.30 bits per heavy atom. The van der Waals surface area contributed by atoms with E-state index >= 15 is 0 Å². The van der Waals surface area contributed by atoms with Crippen LogP contribution in [0.15, 0.2) is 42.5 Å². The molecule has 0 bridgehead atoms. The molecule has 1 heterocycles. The number of carbonyl (C=O) groups excluding carboxylic acids is 1. The highest BCUT2D eigenvalue weighted by atomic mass is 35.5. The molecule has 1 aliphatic rings. The maximum atomic E-state index is 12.6. The molecular formula is C18H16ClN3O. The number of rotatable bonds is 3. The van der Waals surface area contributed by atoms with Crippen LogP contribution in [-0.2, 0) is 11.2 Å². The second kappa shape index (κ2) is 6.72. The van der Waals surface area contributed by atoms with Crippen molar-refractivity contribution in [2.24, 2.45) is 0 Å². The molecule has 0 saturated heterocycles. The predicted molar refractivity (Wildman–Crippen MR) is 91.8 cm³/mol. The average Bonchev–Trinajstić information content (AvgIpc) is 2.59. The molecule has 0 aliphatic carbocycles. The van der Waals surface area contributed by atoms with Crippen molar-refractivity contribution in [2.45, 2.75) is 12.8 Å². The molecule has 0 fully saturated rings. The number of hydrogen-bond donors (Lipinski definition) is 1. The number of anilines is 2. The SMILES string of the molecule is N#Cc1cc(Cl)ccc1NCC(=O)N1CCCc2ccccc21. The fourth-order valence-electron chi connectivity index (χ4n) is 2.82. The van der Waals surface area contributed by atoms with Crippen LogP contribution < -0.4 is 10.2 Å². The van der Waals surface area contributed by atoms with Crippen molar-refractivity contribution in [1.82, 2.24) is 0 Å². The minimum Gasteiger partial charge on any atom is -0.375 e. The fraction of sp³-hybridized carbons (Fsp3) is 0.222. The summed E-state index contributed by atoms with van der Waals surface area (Å²) in [6.45, 7) is 0.869. The van der Waals surface area contributed by atoms with E-state index in [0.717, 1.165) is 25.1 Å². The van der Waals surface area contributed by atoms with E-state index in [-0.39, 0.29) is 12.5 Å². The average molecular weight is 326 g/mol. The molecule has 0 saturated carbocycles. The Hall–Kier alpha value is -2.51. The standard InChI is InChI=1S/C18H16ClN3O/c19-15-7-8-16(14(10-15)11-20)21-12-18(23)22-9-3-5-13-4-1-2-6-17(13)22/h1-2,4,6-8,10,21H,3,5,9,12H2. The number of nitrogens with zero attached hydrogens (tertiary/aromatic N) is 2. The number of halogens is 1. The molecule has 1 aliphatic heterocycles. The van der Waals surface area contributed by atoms with Crippen LogP contribution in [0.4, 0.5) is 11.4 Å². The Morgan fingerprint density at radius 2 is 2.13 bits per heavy atom. The van der Waals surface area contributed by atoms with E-state index < -0.39 is 0 Å². The molecule has 2 aromatic carbocycles. The molecule has 1 N–H and O–H groups in total. The van der Waals surface area contributed by atoms with Crippen LogP contribution in [0.1, 0.15) is 17.5 Å². The van der Waals surface area contributed by atoms with Gasteiger partial charge in [-0.3, -0.25) is 4.79 Å². The summed E-state index contributed by atoms with van der Waals surface area (Å²) in [7, 11) is 0. The second-order valence-corrected chi connectivity index (χ2v) is 5.87. The number of aryl methyl sites for hydroxylation is 1. The van der Waals surface area contributed by atoms with E-state index in [1.54, 1.807) is 18.2 Å². The van der Waals surface area contributed by atoms with Crippen molar-refractivity contribution in [3.05, 3.63) is 58.6 Å². The van der Waals surface area contributed by atoms with Gasteiger partial charge in [0.1, 0.15) is 6.07 Å². The molecule has 0 radical (unpaired) electrons. The third-order valence-corrected chi connectivity index (χ3v) is 4.18. The zero-order chi connectivity index (χ0) is 16.2. The van der Waals surface area contributed by atoms with Gasteiger partial charge in [0.2, 0.25) is 5.91 Å². The fourth-order valence-corrected chi connectivity index (χ4v) is 2.99. The van der Waals surface area contributed by atoms with Crippen LogP contribution in [0.3, 0.4) is 0 Å². The smallest absolute Gasteiger partial charge is 0.246 e. The molecular weight excluding hydrogens is 310 g/mol. The second-order valence-electron chi connectivity index (χ2n) is 5.43. The lowest BCUT2D eigenvalue weighted by molar-refractivity contribution is -0.117. The first-order chi connectivity index (χ1) is 11.2. The van der Waals surface area contributed by atoms with Crippen molar-refractivity contribution in [3.63, 3.8) is 0 Å². The number of para-hydroxylation sites is 1. The topological polar surface area (TPSA) is 56.1 Å². The first kappa shape index (κ1) is 15.4. The van der Waals surface area contributed by atoms with E-state index in [1.165, 1.54) is 5.56 Å². The third-order valence-electron chi connectivity index (χ3n) is 3.94. The first-order valence-corrected chi connectivity index (χ1v) is 7.88. The largest absolute Gasteiger partial charge is 0.375 e. The minimum atomic E-state index is -0.00371. The molecule has 0 unspecified atom stereocenters. The van der Waals surface area contributed by atoms with E-state index in [1.807, 2.05) is 23.1 Å². The predicted octanol–water partition coefficient (Wildman–Crippen LogP) is 3.60. The number of nitrogens with one attached hydrogen (secondary N) is 1. The Bertz CT molecular complexity index is 782. The Kier molecular flexibility index (Phi) is 4.50. The minimum absolute atomic E-state index is 0.00371. The van der Waals surface area contributed by atoms with Gasteiger partial charge in [-0.05, 0) is 42.7 Å². The number of amides is 1. The Balaban J connectivity index is 1.73. The molecule has 0 spiro atoms. The first-order valence-electron chi connectivity index (χ1n) is 7.51. The molecule has 5 heteroatoms.